The van der Waals surface area contributed by atoms with Gasteiger partial charge in [-0.25, -0.2) is 18.6 Å². The van der Waals surface area contributed by atoms with E-state index in [1.807, 2.05) is 6.07 Å². The number of benzene rings is 2. The molecule has 0 saturated carbocycles. The van der Waals surface area contributed by atoms with Crippen LogP contribution in [0.2, 0.25) is 0 Å². The molecule has 11 heteroatoms. The van der Waals surface area contributed by atoms with E-state index >= 15 is 0 Å². The number of nitrogens with zero attached hydrogens (tertiary/aromatic N) is 4. The lowest BCUT2D eigenvalue weighted by atomic mass is 9.85. The molecule has 204 valence electrons. The number of ether oxygens (including phenoxy) is 1. The molecule has 0 aliphatic carbocycles. The number of nitrogens with one attached hydrogen (secondary N) is 1. The summed E-state index contributed by atoms with van der Waals surface area (Å²) in [4.78, 5) is 32.6. The maximum absolute atomic E-state index is 13.8. The minimum absolute atomic E-state index is 0.133. The molecule has 4 aromatic rings. The van der Waals surface area contributed by atoms with E-state index in [2.05, 4.69) is 21.2 Å². The number of methoxy groups -OCH3 is 1. The molecule has 1 aliphatic rings. The van der Waals surface area contributed by atoms with E-state index in [4.69, 9.17) is 9.72 Å². The van der Waals surface area contributed by atoms with E-state index in [9.17, 15) is 23.6 Å². The Morgan fingerprint density at radius 2 is 1.75 bits per heavy atom. The first-order chi connectivity index (χ1) is 19.2. The number of pyridine rings is 2. The highest BCUT2D eigenvalue weighted by atomic mass is 79.9. The first-order valence-corrected chi connectivity index (χ1v) is 13.2. The number of hydrogen-bond donors (Lipinski definition) is 1. The van der Waals surface area contributed by atoms with Crippen LogP contribution in [0, 0.1) is 23.0 Å². The van der Waals surface area contributed by atoms with E-state index in [0.717, 1.165) is 11.1 Å². The van der Waals surface area contributed by atoms with Crippen molar-refractivity contribution in [2.45, 2.75) is 12.0 Å². The van der Waals surface area contributed by atoms with Crippen molar-refractivity contribution in [2.24, 2.45) is 7.05 Å². The molecular weight excluding hydrogens is 584 g/mol. The summed E-state index contributed by atoms with van der Waals surface area (Å²) in [5.41, 5.74) is 2.44. The Morgan fingerprint density at radius 1 is 1.15 bits per heavy atom. The number of hydrogen-bond acceptors (Lipinski definition) is 7. The Labute approximate surface area is 236 Å². The number of halogens is 3. The van der Waals surface area contributed by atoms with Crippen LogP contribution in [0.5, 0.6) is 0 Å². The number of piperazine rings is 1. The number of fused-ring (bicyclic) bond motifs is 1. The number of nitriles is 1. The molecule has 1 fully saturated rings. The van der Waals surface area contributed by atoms with E-state index < -0.39 is 35.1 Å². The third-order valence-corrected chi connectivity index (χ3v) is 7.79. The van der Waals surface area contributed by atoms with Crippen molar-refractivity contribution in [3.63, 3.8) is 0 Å². The normalized spacial score (nSPS) is 15.3. The molecule has 0 radical (unpaired) electrons. The summed E-state index contributed by atoms with van der Waals surface area (Å²) in [5.74, 6) is -1.80. The first-order valence-electron chi connectivity index (χ1n) is 12.4. The summed E-state index contributed by atoms with van der Waals surface area (Å²) in [5, 5.41) is 13.2. The van der Waals surface area contributed by atoms with Crippen molar-refractivity contribution in [3.8, 4) is 6.07 Å². The molecule has 8 nitrogen and oxygen atoms in total. The van der Waals surface area contributed by atoms with Crippen molar-refractivity contribution in [1.82, 2.24) is 14.9 Å². The van der Waals surface area contributed by atoms with Crippen LogP contribution in [0.1, 0.15) is 28.2 Å². The molecule has 1 N–H and O–H groups in total. The molecule has 0 bridgehead atoms. The third-order valence-electron chi connectivity index (χ3n) is 7.16. The highest BCUT2D eigenvalue weighted by Crippen LogP contribution is 2.39. The van der Waals surface area contributed by atoms with E-state index in [1.165, 1.54) is 35.9 Å². The second kappa shape index (κ2) is 11.2. The maximum atomic E-state index is 13.8. The molecule has 1 atom stereocenters. The molecule has 1 unspecified atom stereocenters. The largest absolute Gasteiger partial charge is 0.467 e. The van der Waals surface area contributed by atoms with E-state index in [0.29, 0.717) is 34.3 Å². The zero-order valence-electron chi connectivity index (χ0n) is 21.6. The molecule has 1 aliphatic heterocycles. The van der Waals surface area contributed by atoms with Gasteiger partial charge in [0, 0.05) is 32.6 Å². The van der Waals surface area contributed by atoms with E-state index in [1.54, 1.807) is 42.3 Å². The lowest BCUT2D eigenvalue weighted by molar-refractivity contribution is -0.142. The predicted octanol–water partition coefficient (Wildman–Crippen LogP) is 3.98. The Bertz CT molecular complexity index is 1660. The Morgan fingerprint density at radius 3 is 2.30 bits per heavy atom. The number of carbonyl (C=O) groups excluding carboxylic acids is 1. The van der Waals surface area contributed by atoms with Crippen molar-refractivity contribution in [1.29, 1.82) is 5.26 Å². The second-order valence-electron chi connectivity index (χ2n) is 9.41. The van der Waals surface area contributed by atoms with Crippen LogP contribution in [0.3, 0.4) is 0 Å². The Balaban J connectivity index is 1.79. The smallest absolute Gasteiger partial charge is 0.329 e. The van der Waals surface area contributed by atoms with Gasteiger partial charge in [0.05, 0.1) is 18.3 Å². The summed E-state index contributed by atoms with van der Waals surface area (Å²) in [6.07, 6.45) is 0. The zero-order valence-corrected chi connectivity index (χ0v) is 23.2. The Hall–Kier alpha value is -4.14. The average Bonchev–Trinajstić information content (AvgIpc) is 2.97. The minimum atomic E-state index is -0.771. The fraction of sp³-hybridized carbons (Fsp3) is 0.241. The SMILES string of the molecule is COC(=O)C1CNCCN1c1c(C#N)c(=O)n(C)c2cc(C(c3ccc(F)cc3)c3ccc(F)cc3)c(Br)nc12. The molecule has 2 aromatic carbocycles. The van der Waals surface area contributed by atoms with Crippen LogP contribution in [-0.2, 0) is 16.6 Å². The van der Waals surface area contributed by atoms with Crippen LogP contribution in [0.4, 0.5) is 14.5 Å². The molecule has 2 aromatic heterocycles. The van der Waals surface area contributed by atoms with Crippen molar-refractivity contribution in [2.75, 3.05) is 31.6 Å². The summed E-state index contributed by atoms with van der Waals surface area (Å²) >= 11 is 3.60. The molecule has 1 saturated heterocycles. The molecular formula is C29H24BrF2N5O3. The quantitative estimate of drug-likeness (QED) is 0.270. The topological polar surface area (TPSA) is 100 Å². The van der Waals surface area contributed by atoms with Gasteiger partial charge in [0.2, 0.25) is 0 Å². The summed E-state index contributed by atoms with van der Waals surface area (Å²) in [6, 6.07) is 15.0. The Kier molecular flexibility index (Phi) is 7.65. The zero-order chi connectivity index (χ0) is 28.6. The predicted molar refractivity (Wildman–Crippen MR) is 149 cm³/mol. The third kappa shape index (κ3) is 4.85. The lowest BCUT2D eigenvalue weighted by Crippen LogP contribution is -2.56. The van der Waals surface area contributed by atoms with Crippen LogP contribution >= 0.6 is 15.9 Å². The number of anilines is 1. The summed E-state index contributed by atoms with van der Waals surface area (Å²) < 4.78 is 34.4. The standard InChI is InChI=1S/C29H24BrF2N5O3/c1-36-22-13-20(24(16-3-7-18(31)8-4-16)17-5-9-19(32)10-6-17)27(30)35-25(22)26(21(14-33)28(36)38)37-12-11-34-15-23(37)29(39)40-2/h3-10,13,23-24,34H,11-12,15H2,1-2H3. The number of rotatable bonds is 5. The van der Waals surface area contributed by atoms with Gasteiger partial charge in [0.1, 0.15) is 39.4 Å². The molecule has 0 spiro atoms. The van der Waals surface area contributed by atoms with Crippen LogP contribution in [-0.4, -0.2) is 48.3 Å². The van der Waals surface area contributed by atoms with Crippen LogP contribution in [0.25, 0.3) is 11.0 Å². The van der Waals surface area contributed by atoms with Gasteiger partial charge in [-0.2, -0.15) is 5.26 Å². The molecule has 0 amide bonds. The number of aromatic nitrogens is 2. The number of esters is 1. The molecule has 3 heterocycles. The van der Waals surface area contributed by atoms with Gasteiger partial charge in [0.15, 0.2) is 0 Å². The highest BCUT2D eigenvalue weighted by Gasteiger charge is 2.34. The van der Waals surface area contributed by atoms with Gasteiger partial charge in [-0.1, -0.05) is 24.3 Å². The summed E-state index contributed by atoms with van der Waals surface area (Å²) in [6.45, 7) is 1.13. The average molecular weight is 608 g/mol. The highest BCUT2D eigenvalue weighted by molar-refractivity contribution is 9.10. The van der Waals surface area contributed by atoms with Gasteiger partial charge in [-0.15, -0.1) is 0 Å². The molecule has 5 rings (SSSR count). The second-order valence-corrected chi connectivity index (χ2v) is 10.2. The van der Waals surface area contributed by atoms with Gasteiger partial charge >= 0.3 is 5.97 Å². The van der Waals surface area contributed by atoms with Gasteiger partial charge in [0.25, 0.3) is 5.56 Å². The lowest BCUT2D eigenvalue weighted by Gasteiger charge is -2.37. The van der Waals surface area contributed by atoms with Crippen LogP contribution < -0.4 is 15.8 Å². The number of aryl methyl sites for hydroxylation is 1. The van der Waals surface area contributed by atoms with E-state index in [-0.39, 0.29) is 17.8 Å². The van der Waals surface area contributed by atoms with Gasteiger partial charge < -0.3 is 19.5 Å². The number of carbonyl (C=O) groups is 1. The van der Waals surface area contributed by atoms with Crippen LogP contribution in [0.15, 0.2) is 64.0 Å². The van der Waals surface area contributed by atoms with Crippen molar-refractivity contribution >= 4 is 38.6 Å². The monoisotopic (exact) mass is 607 g/mol. The first kappa shape index (κ1) is 27.4. The van der Waals surface area contributed by atoms with Gasteiger partial charge in [-0.3, -0.25) is 4.79 Å². The van der Waals surface area contributed by atoms with Gasteiger partial charge in [-0.05, 0) is 63.0 Å². The molecule has 40 heavy (non-hydrogen) atoms. The minimum Gasteiger partial charge on any atom is -0.467 e. The fourth-order valence-electron chi connectivity index (χ4n) is 5.19. The van der Waals surface area contributed by atoms with Crippen molar-refractivity contribution < 1.29 is 18.3 Å². The maximum Gasteiger partial charge on any atom is 0.329 e. The summed E-state index contributed by atoms with van der Waals surface area (Å²) in [7, 11) is 2.84. The van der Waals surface area contributed by atoms with Crippen molar-refractivity contribution in [3.05, 3.63) is 103 Å². The fourth-order valence-corrected chi connectivity index (χ4v) is 5.71.